The summed E-state index contributed by atoms with van der Waals surface area (Å²) < 4.78 is 18.3. The van der Waals surface area contributed by atoms with Gasteiger partial charge in [-0.3, -0.25) is 4.68 Å². The standard InChI is InChI=1S/C21H22FN9/c1-12-3-4-18(19(22)13(12)2)31-21(27-28-29-31)17-7-14(8-25-20(17)23)15-9-26-30(11-15)16-5-6-24-10-16/h3-4,7-9,11,16,24H,5-6,10H2,1-2H3,(H2,23,25)/t16-/m0/s1. The van der Waals surface area contributed by atoms with E-state index in [9.17, 15) is 4.39 Å². The maximum Gasteiger partial charge on any atom is 0.190 e. The van der Waals surface area contributed by atoms with Crippen LogP contribution in [0.1, 0.15) is 23.6 Å². The summed E-state index contributed by atoms with van der Waals surface area (Å²) in [6.07, 6.45) is 6.54. The van der Waals surface area contributed by atoms with E-state index in [1.165, 1.54) is 4.68 Å². The van der Waals surface area contributed by atoms with Crippen LogP contribution in [0.3, 0.4) is 0 Å². The number of hydrogen-bond donors (Lipinski definition) is 2. The van der Waals surface area contributed by atoms with Crippen molar-refractivity contribution < 1.29 is 4.39 Å². The Labute approximate surface area is 178 Å². The van der Waals surface area contributed by atoms with E-state index in [-0.39, 0.29) is 17.3 Å². The highest BCUT2D eigenvalue weighted by molar-refractivity contribution is 5.76. The Bertz CT molecular complexity index is 1250. The van der Waals surface area contributed by atoms with Crippen molar-refractivity contribution in [2.75, 3.05) is 18.8 Å². The number of hydrogen-bond acceptors (Lipinski definition) is 7. The van der Waals surface area contributed by atoms with Crippen LogP contribution < -0.4 is 11.1 Å². The molecule has 5 rings (SSSR count). The first kappa shape index (κ1) is 19.3. The molecule has 0 bridgehead atoms. The fraction of sp³-hybridized carbons (Fsp3) is 0.286. The Morgan fingerprint density at radius 3 is 2.87 bits per heavy atom. The fourth-order valence-electron chi connectivity index (χ4n) is 3.81. The monoisotopic (exact) mass is 419 g/mol. The molecule has 1 fully saturated rings. The summed E-state index contributed by atoms with van der Waals surface area (Å²) in [5, 5.41) is 19.7. The Hall–Kier alpha value is -3.66. The smallest absolute Gasteiger partial charge is 0.190 e. The van der Waals surface area contributed by atoms with Crippen molar-refractivity contribution in [1.82, 2.24) is 40.3 Å². The molecule has 3 N–H and O–H groups in total. The molecule has 4 heterocycles. The fourth-order valence-corrected chi connectivity index (χ4v) is 3.81. The van der Waals surface area contributed by atoms with Gasteiger partial charge in [0.15, 0.2) is 11.6 Å². The highest BCUT2D eigenvalue weighted by atomic mass is 19.1. The van der Waals surface area contributed by atoms with Gasteiger partial charge in [0.2, 0.25) is 0 Å². The number of aromatic nitrogens is 7. The van der Waals surface area contributed by atoms with Gasteiger partial charge in [0, 0.05) is 30.1 Å². The number of tetrazole rings is 1. The molecular formula is C21H22FN9. The quantitative estimate of drug-likeness (QED) is 0.522. The Morgan fingerprint density at radius 1 is 1.19 bits per heavy atom. The third-order valence-electron chi connectivity index (χ3n) is 5.84. The molecular weight excluding hydrogens is 397 g/mol. The molecule has 0 aliphatic carbocycles. The average Bonchev–Trinajstić information content (AvgIpc) is 3.53. The zero-order valence-corrected chi connectivity index (χ0v) is 17.2. The molecule has 0 saturated carbocycles. The molecule has 1 aliphatic heterocycles. The van der Waals surface area contributed by atoms with Gasteiger partial charge >= 0.3 is 0 Å². The van der Waals surface area contributed by atoms with Crippen LogP contribution in [-0.2, 0) is 0 Å². The van der Waals surface area contributed by atoms with Crippen LogP contribution in [-0.4, -0.2) is 48.1 Å². The molecule has 0 spiro atoms. The van der Waals surface area contributed by atoms with Gasteiger partial charge < -0.3 is 11.1 Å². The van der Waals surface area contributed by atoms with Crippen molar-refractivity contribution in [3.05, 3.63) is 53.7 Å². The topological polar surface area (TPSA) is 112 Å². The van der Waals surface area contributed by atoms with Crippen molar-refractivity contribution in [3.8, 4) is 28.2 Å². The molecule has 31 heavy (non-hydrogen) atoms. The van der Waals surface area contributed by atoms with E-state index in [0.29, 0.717) is 23.0 Å². The van der Waals surface area contributed by atoms with E-state index in [1.54, 1.807) is 25.4 Å². The van der Waals surface area contributed by atoms with Gasteiger partial charge in [-0.1, -0.05) is 6.07 Å². The first-order valence-electron chi connectivity index (χ1n) is 10.1. The number of nitrogens with one attached hydrogen (secondary N) is 1. The molecule has 10 heteroatoms. The summed E-state index contributed by atoms with van der Waals surface area (Å²) in [5.41, 5.74) is 10.1. The minimum absolute atomic E-state index is 0.259. The van der Waals surface area contributed by atoms with Gasteiger partial charge in [0.1, 0.15) is 11.5 Å². The molecule has 158 valence electrons. The maximum atomic E-state index is 14.9. The second-order valence-electron chi connectivity index (χ2n) is 7.77. The highest BCUT2D eigenvalue weighted by Gasteiger charge is 2.21. The predicted octanol–water partition coefficient (Wildman–Crippen LogP) is 2.46. The summed E-state index contributed by atoms with van der Waals surface area (Å²) in [4.78, 5) is 4.33. The summed E-state index contributed by atoms with van der Waals surface area (Å²) in [5.74, 6) is 0.209. The van der Waals surface area contributed by atoms with Gasteiger partial charge in [0.25, 0.3) is 0 Å². The lowest BCUT2D eigenvalue weighted by atomic mass is 10.1. The number of halogens is 1. The Balaban J connectivity index is 1.56. The minimum Gasteiger partial charge on any atom is -0.383 e. The zero-order valence-electron chi connectivity index (χ0n) is 17.2. The highest BCUT2D eigenvalue weighted by Crippen LogP contribution is 2.31. The molecule has 1 atom stereocenters. The lowest BCUT2D eigenvalue weighted by molar-refractivity contribution is 0.491. The van der Waals surface area contributed by atoms with Gasteiger partial charge in [-0.15, -0.1) is 5.10 Å². The molecule has 1 saturated heterocycles. The normalized spacial score (nSPS) is 16.2. The average molecular weight is 419 g/mol. The SMILES string of the molecule is Cc1ccc(-n2nnnc2-c2cc(-c3cnn([C@H]4CCNC4)c3)cnc2N)c(F)c1C. The van der Waals surface area contributed by atoms with Crippen LogP contribution in [0.2, 0.25) is 0 Å². The molecule has 1 aromatic carbocycles. The van der Waals surface area contributed by atoms with E-state index < -0.39 is 0 Å². The molecule has 0 amide bonds. The first-order chi connectivity index (χ1) is 15.0. The van der Waals surface area contributed by atoms with Crippen molar-refractivity contribution >= 4 is 5.82 Å². The molecule has 4 aromatic rings. The summed E-state index contributed by atoms with van der Waals surface area (Å²) in [6, 6.07) is 5.70. The van der Waals surface area contributed by atoms with Crippen LogP contribution >= 0.6 is 0 Å². The second-order valence-corrected chi connectivity index (χ2v) is 7.77. The van der Waals surface area contributed by atoms with E-state index in [4.69, 9.17) is 5.73 Å². The third-order valence-corrected chi connectivity index (χ3v) is 5.84. The first-order valence-corrected chi connectivity index (χ1v) is 10.1. The Kier molecular flexibility index (Phi) is 4.70. The molecule has 0 unspecified atom stereocenters. The number of nitrogen functional groups attached to an aromatic ring is 1. The number of anilines is 1. The number of benzene rings is 1. The number of aryl methyl sites for hydroxylation is 1. The van der Waals surface area contributed by atoms with Crippen LogP contribution in [0.15, 0.2) is 36.8 Å². The molecule has 1 aliphatic rings. The predicted molar refractivity (Wildman–Crippen MR) is 114 cm³/mol. The van der Waals surface area contributed by atoms with Crippen LogP contribution in [0, 0.1) is 19.7 Å². The number of nitrogens with zero attached hydrogens (tertiary/aromatic N) is 7. The zero-order chi connectivity index (χ0) is 21.5. The van der Waals surface area contributed by atoms with E-state index >= 15 is 0 Å². The minimum atomic E-state index is -0.373. The van der Waals surface area contributed by atoms with Crippen molar-refractivity contribution in [2.24, 2.45) is 0 Å². The van der Waals surface area contributed by atoms with Gasteiger partial charge in [-0.25, -0.2) is 9.37 Å². The number of rotatable bonds is 4. The van der Waals surface area contributed by atoms with Gasteiger partial charge in [0.05, 0.1) is 17.8 Å². The van der Waals surface area contributed by atoms with E-state index in [1.807, 2.05) is 29.9 Å². The molecule has 0 radical (unpaired) electrons. The van der Waals surface area contributed by atoms with Gasteiger partial charge in [-0.2, -0.15) is 9.78 Å². The summed E-state index contributed by atoms with van der Waals surface area (Å²) in [6.45, 7) is 5.48. The van der Waals surface area contributed by atoms with Crippen molar-refractivity contribution in [3.63, 3.8) is 0 Å². The van der Waals surface area contributed by atoms with E-state index in [2.05, 4.69) is 30.9 Å². The van der Waals surface area contributed by atoms with Gasteiger partial charge in [-0.05, 0) is 60.5 Å². The van der Waals surface area contributed by atoms with Crippen molar-refractivity contribution in [2.45, 2.75) is 26.3 Å². The maximum absolute atomic E-state index is 14.9. The Morgan fingerprint density at radius 2 is 2.06 bits per heavy atom. The lowest BCUT2D eigenvalue weighted by Crippen LogP contribution is -2.13. The van der Waals surface area contributed by atoms with Crippen LogP contribution in [0.4, 0.5) is 10.2 Å². The molecule has 9 nitrogen and oxygen atoms in total. The van der Waals surface area contributed by atoms with Crippen LogP contribution in [0.5, 0.6) is 0 Å². The summed E-state index contributed by atoms with van der Waals surface area (Å²) >= 11 is 0. The number of pyridine rings is 1. The van der Waals surface area contributed by atoms with Crippen LogP contribution in [0.25, 0.3) is 28.2 Å². The molecule has 3 aromatic heterocycles. The van der Waals surface area contributed by atoms with E-state index in [0.717, 1.165) is 36.2 Å². The second kappa shape index (κ2) is 7.55. The lowest BCUT2D eigenvalue weighted by Gasteiger charge is -2.11. The third kappa shape index (κ3) is 3.34. The largest absolute Gasteiger partial charge is 0.383 e. The number of nitrogens with two attached hydrogens (primary N) is 1. The summed E-state index contributed by atoms with van der Waals surface area (Å²) in [7, 11) is 0. The van der Waals surface area contributed by atoms with Crippen molar-refractivity contribution in [1.29, 1.82) is 0 Å².